The summed E-state index contributed by atoms with van der Waals surface area (Å²) in [5.74, 6) is 0.804. The van der Waals surface area contributed by atoms with Crippen molar-refractivity contribution in [2.75, 3.05) is 13.2 Å². The van der Waals surface area contributed by atoms with Crippen molar-refractivity contribution in [1.82, 2.24) is 5.32 Å². The first-order valence-electron chi connectivity index (χ1n) is 5.87. The lowest BCUT2D eigenvalue weighted by atomic mass is 10.1. The minimum atomic E-state index is -0.178. The molecule has 0 spiro atoms. The van der Waals surface area contributed by atoms with Crippen LogP contribution in [0.15, 0.2) is 18.2 Å². The number of ether oxygens (including phenoxy) is 1. The lowest BCUT2D eigenvalue weighted by Crippen LogP contribution is -2.31. The van der Waals surface area contributed by atoms with Crippen molar-refractivity contribution >= 4 is 33.4 Å². The van der Waals surface area contributed by atoms with Crippen molar-refractivity contribution < 1.29 is 9.53 Å². The van der Waals surface area contributed by atoms with E-state index in [2.05, 4.69) is 21.2 Å². The number of alkyl halides is 1. The third-order valence-corrected chi connectivity index (χ3v) is 3.03. The monoisotopic (exact) mass is 333 g/mol. The van der Waals surface area contributed by atoms with Gasteiger partial charge in [0.2, 0.25) is 5.91 Å². The number of amides is 1. The molecule has 1 unspecified atom stereocenters. The number of hydrogen-bond acceptors (Lipinski definition) is 2. The molecule has 0 aliphatic rings. The number of hydrogen-bond donors (Lipinski definition) is 1. The van der Waals surface area contributed by atoms with E-state index in [1.807, 2.05) is 19.1 Å². The summed E-state index contributed by atoms with van der Waals surface area (Å²) >= 11 is 9.18. The summed E-state index contributed by atoms with van der Waals surface area (Å²) in [6.45, 7) is 4.90. The number of carbonyl (C=O) groups is 1. The fraction of sp³-hybridized carbons (Fsp3) is 0.462. The van der Waals surface area contributed by atoms with Crippen LogP contribution in [0, 0.1) is 0 Å². The standard InChI is InChI=1S/C13H17BrClNO2/c1-3-18-12-5-4-11(15)8-10(12)6-7-16-13(17)9(2)14/h4-5,8-9H,3,6-7H2,1-2H3,(H,16,17). The highest BCUT2D eigenvalue weighted by atomic mass is 79.9. The number of carbonyl (C=O) groups excluding carboxylic acids is 1. The summed E-state index contributed by atoms with van der Waals surface area (Å²) in [4.78, 5) is 11.2. The first-order chi connectivity index (χ1) is 8.54. The van der Waals surface area contributed by atoms with Crippen LogP contribution in [-0.2, 0) is 11.2 Å². The maximum Gasteiger partial charge on any atom is 0.233 e. The summed E-state index contributed by atoms with van der Waals surface area (Å²) in [7, 11) is 0. The Morgan fingerprint density at radius 1 is 1.56 bits per heavy atom. The van der Waals surface area contributed by atoms with Gasteiger partial charge in [-0.3, -0.25) is 4.79 Å². The molecule has 1 aromatic rings. The maximum atomic E-state index is 11.4. The largest absolute Gasteiger partial charge is 0.494 e. The van der Waals surface area contributed by atoms with Gasteiger partial charge in [0, 0.05) is 11.6 Å². The highest BCUT2D eigenvalue weighted by Crippen LogP contribution is 2.23. The summed E-state index contributed by atoms with van der Waals surface area (Å²) in [5, 5.41) is 3.51. The van der Waals surface area contributed by atoms with Crippen molar-refractivity contribution in [2.45, 2.75) is 25.1 Å². The van der Waals surface area contributed by atoms with Gasteiger partial charge in [-0.25, -0.2) is 0 Å². The quantitative estimate of drug-likeness (QED) is 0.812. The zero-order valence-electron chi connectivity index (χ0n) is 10.5. The van der Waals surface area contributed by atoms with Crippen molar-refractivity contribution in [1.29, 1.82) is 0 Å². The zero-order chi connectivity index (χ0) is 13.5. The molecule has 1 atom stereocenters. The SMILES string of the molecule is CCOc1ccc(Cl)cc1CCNC(=O)C(C)Br. The van der Waals surface area contributed by atoms with Crippen molar-refractivity contribution in [2.24, 2.45) is 0 Å². The fourth-order valence-electron chi connectivity index (χ4n) is 1.50. The van der Waals surface area contributed by atoms with Gasteiger partial charge in [-0.15, -0.1) is 0 Å². The molecule has 1 N–H and O–H groups in total. The predicted molar refractivity (Wildman–Crippen MR) is 77.7 cm³/mol. The van der Waals surface area contributed by atoms with E-state index < -0.39 is 0 Å². The van der Waals surface area contributed by atoms with Gasteiger partial charge in [0.15, 0.2) is 0 Å². The van der Waals surface area contributed by atoms with E-state index in [0.717, 1.165) is 11.3 Å². The number of halogens is 2. The summed E-state index contributed by atoms with van der Waals surface area (Å²) < 4.78 is 5.52. The lowest BCUT2D eigenvalue weighted by Gasteiger charge is -2.11. The molecule has 1 rings (SSSR count). The van der Waals surface area contributed by atoms with Crippen LogP contribution in [0.5, 0.6) is 5.75 Å². The summed E-state index contributed by atoms with van der Waals surface area (Å²) in [6.07, 6.45) is 0.696. The third kappa shape index (κ3) is 4.86. The Hall–Kier alpha value is -0.740. The van der Waals surface area contributed by atoms with Crippen LogP contribution in [0.1, 0.15) is 19.4 Å². The Morgan fingerprint density at radius 3 is 2.89 bits per heavy atom. The second-order valence-electron chi connectivity index (χ2n) is 3.84. The second-order valence-corrected chi connectivity index (χ2v) is 5.65. The van der Waals surface area contributed by atoms with Gasteiger partial charge in [-0.1, -0.05) is 27.5 Å². The molecule has 0 fully saturated rings. The van der Waals surface area contributed by atoms with Crippen LogP contribution >= 0.6 is 27.5 Å². The average molecular weight is 335 g/mol. The van der Waals surface area contributed by atoms with E-state index in [1.54, 1.807) is 13.0 Å². The molecular formula is C13H17BrClNO2. The molecule has 3 nitrogen and oxygen atoms in total. The normalized spacial score (nSPS) is 12.0. The molecule has 100 valence electrons. The first-order valence-corrected chi connectivity index (χ1v) is 7.17. The summed E-state index contributed by atoms with van der Waals surface area (Å²) in [6, 6.07) is 5.53. The molecule has 0 aliphatic heterocycles. The van der Waals surface area contributed by atoms with E-state index in [4.69, 9.17) is 16.3 Å². The van der Waals surface area contributed by atoms with Gasteiger partial charge in [-0.2, -0.15) is 0 Å². The average Bonchev–Trinajstić information content (AvgIpc) is 2.32. The Morgan fingerprint density at radius 2 is 2.28 bits per heavy atom. The van der Waals surface area contributed by atoms with Crippen LogP contribution < -0.4 is 10.1 Å². The van der Waals surface area contributed by atoms with Gasteiger partial charge in [0.1, 0.15) is 5.75 Å². The molecule has 0 aromatic heterocycles. The van der Waals surface area contributed by atoms with Crippen LogP contribution in [0.25, 0.3) is 0 Å². The van der Waals surface area contributed by atoms with Gasteiger partial charge < -0.3 is 10.1 Å². The highest BCUT2D eigenvalue weighted by Gasteiger charge is 2.09. The van der Waals surface area contributed by atoms with E-state index in [0.29, 0.717) is 24.6 Å². The topological polar surface area (TPSA) is 38.3 Å². The number of nitrogens with one attached hydrogen (secondary N) is 1. The lowest BCUT2D eigenvalue weighted by molar-refractivity contribution is -0.120. The van der Waals surface area contributed by atoms with Crippen molar-refractivity contribution in [3.05, 3.63) is 28.8 Å². The van der Waals surface area contributed by atoms with E-state index in [9.17, 15) is 4.79 Å². The van der Waals surface area contributed by atoms with Crippen molar-refractivity contribution in [3.63, 3.8) is 0 Å². The minimum absolute atomic E-state index is 0.0185. The van der Waals surface area contributed by atoms with Gasteiger partial charge in [0.25, 0.3) is 0 Å². The van der Waals surface area contributed by atoms with Gasteiger partial charge >= 0.3 is 0 Å². The smallest absolute Gasteiger partial charge is 0.233 e. The maximum absolute atomic E-state index is 11.4. The van der Waals surface area contributed by atoms with E-state index in [1.165, 1.54) is 0 Å². The Labute approximate surface area is 121 Å². The highest BCUT2D eigenvalue weighted by molar-refractivity contribution is 9.10. The van der Waals surface area contributed by atoms with Crippen LogP contribution in [0.2, 0.25) is 5.02 Å². The first kappa shape index (κ1) is 15.3. The molecule has 0 aliphatic carbocycles. The Bertz CT molecular complexity index is 410. The zero-order valence-corrected chi connectivity index (χ0v) is 12.8. The molecule has 5 heteroatoms. The molecular weight excluding hydrogens is 318 g/mol. The molecule has 0 saturated carbocycles. The molecule has 1 aromatic carbocycles. The van der Waals surface area contributed by atoms with Crippen LogP contribution in [0.3, 0.4) is 0 Å². The van der Waals surface area contributed by atoms with E-state index >= 15 is 0 Å². The number of rotatable bonds is 6. The van der Waals surface area contributed by atoms with Crippen LogP contribution in [0.4, 0.5) is 0 Å². The molecule has 0 heterocycles. The van der Waals surface area contributed by atoms with Crippen molar-refractivity contribution in [3.8, 4) is 5.75 Å². The van der Waals surface area contributed by atoms with Crippen LogP contribution in [-0.4, -0.2) is 23.9 Å². The fourth-order valence-corrected chi connectivity index (χ4v) is 1.86. The van der Waals surface area contributed by atoms with Gasteiger partial charge in [-0.05, 0) is 44.0 Å². The second kappa shape index (κ2) is 7.64. The number of benzene rings is 1. The van der Waals surface area contributed by atoms with E-state index in [-0.39, 0.29) is 10.7 Å². The predicted octanol–water partition coefficient (Wildman–Crippen LogP) is 3.18. The Balaban J connectivity index is 2.60. The van der Waals surface area contributed by atoms with Gasteiger partial charge in [0.05, 0.1) is 11.4 Å². The molecule has 18 heavy (non-hydrogen) atoms. The minimum Gasteiger partial charge on any atom is -0.494 e. The summed E-state index contributed by atoms with van der Waals surface area (Å²) in [5.41, 5.74) is 1.01. The molecule has 0 radical (unpaired) electrons. The third-order valence-electron chi connectivity index (χ3n) is 2.38. The molecule has 1 amide bonds. The molecule has 0 saturated heterocycles. The Kier molecular flexibility index (Phi) is 6.50. The molecule has 0 bridgehead atoms.